The van der Waals surface area contributed by atoms with Gasteiger partial charge in [-0.2, -0.15) is 0 Å². The van der Waals surface area contributed by atoms with E-state index in [4.69, 9.17) is 9.47 Å². The molecule has 6 nitrogen and oxygen atoms in total. The van der Waals surface area contributed by atoms with Crippen LogP contribution in [0, 0.1) is 0 Å². The van der Waals surface area contributed by atoms with E-state index in [1.54, 1.807) is 44.2 Å². The predicted octanol–water partition coefficient (Wildman–Crippen LogP) is 2.26. The molecular weight excluding hydrogens is 298 g/mol. The van der Waals surface area contributed by atoms with Gasteiger partial charge in [0.15, 0.2) is 6.73 Å². The Balaban J connectivity index is 2.15. The van der Waals surface area contributed by atoms with Crippen molar-refractivity contribution in [1.82, 2.24) is 4.90 Å². The van der Waals surface area contributed by atoms with Crippen molar-refractivity contribution >= 4 is 17.8 Å². The lowest BCUT2D eigenvalue weighted by molar-refractivity contribution is -0.162. The van der Waals surface area contributed by atoms with Crippen LogP contribution in [0.5, 0.6) is 0 Å². The molecule has 0 fully saturated rings. The van der Waals surface area contributed by atoms with Crippen LogP contribution >= 0.6 is 0 Å². The molecule has 23 heavy (non-hydrogen) atoms. The normalized spacial score (nSPS) is 15.3. The smallest absolute Gasteiger partial charge is 0.345 e. The lowest BCUT2D eigenvalue weighted by Gasteiger charge is -2.38. The van der Waals surface area contributed by atoms with Crippen molar-refractivity contribution in [1.29, 1.82) is 0 Å². The van der Waals surface area contributed by atoms with Gasteiger partial charge in [-0.25, -0.2) is 9.59 Å². The summed E-state index contributed by atoms with van der Waals surface area (Å²) in [5.41, 5.74) is -0.639. The average molecular weight is 317 g/mol. The molecule has 6 heteroatoms. The Morgan fingerprint density at radius 3 is 2.39 bits per heavy atom. The second-order valence-corrected chi connectivity index (χ2v) is 5.79. The molecule has 0 saturated carbocycles. The summed E-state index contributed by atoms with van der Waals surface area (Å²) in [5, 5.41) is 0. The first kappa shape index (κ1) is 16.7. The van der Waals surface area contributed by atoms with Crippen LogP contribution in [0.3, 0.4) is 0 Å². The zero-order chi connectivity index (χ0) is 17.2. The highest BCUT2D eigenvalue weighted by molar-refractivity contribution is 6.02. The maximum absolute atomic E-state index is 12.4. The molecule has 0 spiro atoms. The van der Waals surface area contributed by atoms with Gasteiger partial charge in [-0.1, -0.05) is 18.2 Å². The Hall–Kier alpha value is -2.63. The lowest BCUT2D eigenvalue weighted by atomic mass is 10.0. The topological polar surface area (TPSA) is 72.9 Å². The molecule has 0 aromatic heterocycles. The first-order valence-corrected chi connectivity index (χ1v) is 7.19. The molecule has 0 atom stereocenters. The summed E-state index contributed by atoms with van der Waals surface area (Å²) in [6.45, 7) is 6.28. The highest BCUT2D eigenvalue weighted by Crippen LogP contribution is 2.25. The highest BCUT2D eigenvalue weighted by Gasteiger charge is 2.43. The van der Waals surface area contributed by atoms with E-state index in [9.17, 15) is 14.4 Å². The van der Waals surface area contributed by atoms with E-state index in [0.717, 1.165) is 0 Å². The number of esters is 2. The third-order valence-corrected chi connectivity index (χ3v) is 3.87. The van der Waals surface area contributed by atoms with E-state index in [1.807, 2.05) is 0 Å². The minimum absolute atomic E-state index is 0.0658. The first-order chi connectivity index (χ1) is 10.7. The molecule has 1 aromatic carbocycles. The average Bonchev–Trinajstić information content (AvgIpc) is 2.53. The number of amides is 1. The van der Waals surface area contributed by atoms with Crippen molar-refractivity contribution in [2.24, 2.45) is 0 Å². The van der Waals surface area contributed by atoms with E-state index < -0.39 is 17.5 Å². The van der Waals surface area contributed by atoms with E-state index in [2.05, 4.69) is 0 Å². The number of nitrogens with zero attached hydrogens (tertiary/aromatic N) is 1. The molecule has 0 N–H and O–H groups in total. The minimum Gasteiger partial charge on any atom is -0.477 e. The van der Waals surface area contributed by atoms with E-state index in [1.165, 1.54) is 18.7 Å². The summed E-state index contributed by atoms with van der Waals surface area (Å²) >= 11 is 0. The zero-order valence-electron chi connectivity index (χ0n) is 13.6. The number of rotatable bonds is 3. The van der Waals surface area contributed by atoms with Crippen molar-refractivity contribution in [2.75, 3.05) is 6.73 Å². The van der Waals surface area contributed by atoms with Crippen molar-refractivity contribution in [2.45, 2.75) is 33.2 Å². The Bertz CT molecular complexity index is 675. The quantitative estimate of drug-likeness (QED) is 0.631. The molecule has 1 amide bonds. The van der Waals surface area contributed by atoms with E-state index in [-0.39, 0.29) is 18.2 Å². The molecule has 0 unspecified atom stereocenters. The first-order valence-electron chi connectivity index (χ1n) is 7.19. The van der Waals surface area contributed by atoms with Crippen molar-refractivity contribution in [3.05, 3.63) is 47.2 Å². The van der Waals surface area contributed by atoms with Crippen LogP contribution < -0.4 is 0 Å². The van der Waals surface area contributed by atoms with Crippen molar-refractivity contribution in [3.63, 3.8) is 0 Å². The highest BCUT2D eigenvalue weighted by atomic mass is 16.6. The second-order valence-electron chi connectivity index (χ2n) is 5.79. The van der Waals surface area contributed by atoms with Gasteiger partial charge in [0.25, 0.3) is 5.91 Å². The number of ether oxygens (including phenoxy) is 2. The van der Waals surface area contributed by atoms with Crippen LogP contribution in [-0.4, -0.2) is 35.0 Å². The maximum Gasteiger partial charge on any atom is 0.345 e. The van der Waals surface area contributed by atoms with Gasteiger partial charge in [0.05, 0.1) is 11.1 Å². The van der Waals surface area contributed by atoms with Gasteiger partial charge < -0.3 is 9.47 Å². The number of hydrogen-bond donors (Lipinski definition) is 0. The predicted molar refractivity (Wildman–Crippen MR) is 82.1 cm³/mol. The molecule has 0 radical (unpaired) electrons. The summed E-state index contributed by atoms with van der Waals surface area (Å²) in [4.78, 5) is 38.0. The van der Waals surface area contributed by atoms with E-state index >= 15 is 0 Å². The van der Waals surface area contributed by atoms with Crippen molar-refractivity contribution < 1.29 is 23.9 Å². The summed E-state index contributed by atoms with van der Waals surface area (Å²) < 4.78 is 10.3. The summed E-state index contributed by atoms with van der Waals surface area (Å²) in [5.74, 6) is -1.35. The molecule has 1 heterocycles. The van der Waals surface area contributed by atoms with Gasteiger partial charge >= 0.3 is 11.9 Å². The molecule has 2 rings (SSSR count). The van der Waals surface area contributed by atoms with Gasteiger partial charge in [0, 0.05) is 0 Å². The Kier molecular flexibility index (Phi) is 4.54. The zero-order valence-corrected chi connectivity index (χ0v) is 13.6. The fraction of sp³-hybridized carbons (Fsp3) is 0.353. The number of allylic oxidation sites excluding steroid dienone is 1. The standard InChI is InChI=1S/C17H19NO5/c1-11-12(2)22-10-18(14(11)19)17(3,4)16(21)23-15(20)13-8-6-5-7-9-13/h5-9H,10H2,1-4H3. The Morgan fingerprint density at radius 2 is 1.78 bits per heavy atom. The molecule has 1 aliphatic heterocycles. The van der Waals surface area contributed by atoms with Crippen LogP contribution in [0.2, 0.25) is 0 Å². The number of benzene rings is 1. The molecular formula is C17H19NO5. The molecule has 0 aliphatic carbocycles. The summed E-state index contributed by atoms with van der Waals surface area (Å²) in [6, 6.07) is 8.20. The Labute approximate surface area is 134 Å². The maximum atomic E-state index is 12.4. The van der Waals surface area contributed by atoms with Crippen LogP contribution in [0.25, 0.3) is 0 Å². The van der Waals surface area contributed by atoms with E-state index in [0.29, 0.717) is 11.3 Å². The molecule has 1 aliphatic rings. The molecule has 0 saturated heterocycles. The lowest BCUT2D eigenvalue weighted by Crippen LogP contribution is -2.56. The molecule has 1 aromatic rings. The van der Waals surface area contributed by atoms with Gasteiger partial charge in [-0.05, 0) is 39.8 Å². The monoisotopic (exact) mass is 317 g/mol. The fourth-order valence-corrected chi connectivity index (χ4v) is 2.05. The van der Waals surface area contributed by atoms with Crippen molar-refractivity contribution in [3.8, 4) is 0 Å². The fourth-order valence-electron chi connectivity index (χ4n) is 2.05. The number of carbonyl (C=O) groups excluding carboxylic acids is 3. The SMILES string of the molecule is CC1=C(C)C(=O)N(C(C)(C)C(=O)OC(=O)c2ccccc2)CO1. The van der Waals surface area contributed by atoms with Gasteiger partial charge in [-0.3, -0.25) is 9.69 Å². The van der Waals surface area contributed by atoms with Gasteiger partial charge in [-0.15, -0.1) is 0 Å². The third kappa shape index (κ3) is 3.26. The van der Waals surface area contributed by atoms with Gasteiger partial charge in [0.1, 0.15) is 11.3 Å². The van der Waals surface area contributed by atoms with Crippen LogP contribution in [0.1, 0.15) is 38.1 Å². The molecule has 0 bridgehead atoms. The van der Waals surface area contributed by atoms with Crippen LogP contribution in [-0.2, 0) is 19.1 Å². The third-order valence-electron chi connectivity index (χ3n) is 3.87. The largest absolute Gasteiger partial charge is 0.477 e. The van der Waals surface area contributed by atoms with Crippen LogP contribution in [0.4, 0.5) is 0 Å². The minimum atomic E-state index is -1.33. The number of hydrogen-bond acceptors (Lipinski definition) is 5. The Morgan fingerprint density at radius 1 is 1.17 bits per heavy atom. The molecule has 122 valence electrons. The summed E-state index contributed by atoms with van der Waals surface area (Å²) in [7, 11) is 0. The second kappa shape index (κ2) is 6.24. The number of carbonyl (C=O) groups is 3. The van der Waals surface area contributed by atoms with Crippen LogP contribution in [0.15, 0.2) is 41.7 Å². The van der Waals surface area contributed by atoms with Gasteiger partial charge in [0.2, 0.25) is 0 Å². The summed E-state index contributed by atoms with van der Waals surface area (Å²) in [6.07, 6.45) is 0.